The Kier molecular flexibility index (Phi) is 8.42. The fraction of sp³-hybridized carbons (Fsp3) is 0.182. The standard InChI is InChI=1S/C55H47N3/c1-36-34-47-48(54(4,5)33-32-53(47,2)3)35-44(36)37-28-30-39(31-29-37)51-56-50(38-18-9-6-10-19-38)57-52(58-51)43-25-17-27-46-49(43)42-24-15-16-26-45(42)55(46,40-20-11-7-12-21-40)41-22-13-8-14-23-41/h6-31,34-35H,32-33H2,1-5H3. The highest BCUT2D eigenvalue weighted by molar-refractivity contribution is 5.94. The van der Waals surface area contributed by atoms with Crippen LogP contribution in [-0.4, -0.2) is 15.0 Å². The first-order chi connectivity index (χ1) is 28.1. The summed E-state index contributed by atoms with van der Waals surface area (Å²) >= 11 is 0. The molecule has 2 aliphatic carbocycles. The molecule has 8 aromatic rings. The van der Waals surface area contributed by atoms with Crippen LogP contribution in [0, 0.1) is 6.92 Å². The zero-order chi connectivity index (χ0) is 39.6. The van der Waals surface area contributed by atoms with E-state index in [2.05, 4.69) is 186 Å². The van der Waals surface area contributed by atoms with Crippen LogP contribution < -0.4 is 0 Å². The summed E-state index contributed by atoms with van der Waals surface area (Å²) in [5, 5.41) is 0. The summed E-state index contributed by atoms with van der Waals surface area (Å²) in [6.07, 6.45) is 2.40. The van der Waals surface area contributed by atoms with E-state index in [1.165, 1.54) is 68.5 Å². The minimum absolute atomic E-state index is 0.141. The molecule has 3 nitrogen and oxygen atoms in total. The lowest BCUT2D eigenvalue weighted by Crippen LogP contribution is -2.34. The van der Waals surface area contributed by atoms with Gasteiger partial charge in [0.2, 0.25) is 0 Å². The van der Waals surface area contributed by atoms with Gasteiger partial charge in [-0.15, -0.1) is 0 Å². The summed E-state index contributed by atoms with van der Waals surface area (Å²) in [4.78, 5) is 15.7. The average Bonchev–Trinajstić information content (AvgIpc) is 3.57. The summed E-state index contributed by atoms with van der Waals surface area (Å²) in [7, 11) is 0. The molecule has 0 saturated heterocycles. The van der Waals surface area contributed by atoms with Gasteiger partial charge in [-0.1, -0.05) is 198 Å². The van der Waals surface area contributed by atoms with Crippen LogP contribution in [0.4, 0.5) is 0 Å². The van der Waals surface area contributed by atoms with Crippen molar-refractivity contribution >= 4 is 0 Å². The molecule has 0 spiro atoms. The van der Waals surface area contributed by atoms with Crippen LogP contribution in [0.1, 0.15) is 79.5 Å². The molecule has 10 rings (SSSR count). The molecule has 1 heterocycles. The summed E-state index contributed by atoms with van der Waals surface area (Å²) in [6.45, 7) is 11.8. The highest BCUT2D eigenvalue weighted by atomic mass is 15.0. The lowest BCUT2D eigenvalue weighted by atomic mass is 9.62. The predicted octanol–water partition coefficient (Wildman–Crippen LogP) is 13.6. The van der Waals surface area contributed by atoms with Gasteiger partial charge in [-0.05, 0) is 91.8 Å². The maximum absolute atomic E-state index is 5.33. The van der Waals surface area contributed by atoms with Gasteiger partial charge in [0.1, 0.15) is 0 Å². The fourth-order valence-corrected chi connectivity index (χ4v) is 9.85. The van der Waals surface area contributed by atoms with Gasteiger partial charge in [0, 0.05) is 16.7 Å². The Labute approximate surface area is 342 Å². The van der Waals surface area contributed by atoms with Crippen LogP contribution in [-0.2, 0) is 16.2 Å². The van der Waals surface area contributed by atoms with Crippen molar-refractivity contribution in [1.29, 1.82) is 0 Å². The quantitative estimate of drug-likeness (QED) is 0.170. The van der Waals surface area contributed by atoms with Crippen molar-refractivity contribution in [3.63, 3.8) is 0 Å². The molecule has 0 radical (unpaired) electrons. The molecule has 0 unspecified atom stereocenters. The molecule has 282 valence electrons. The minimum Gasteiger partial charge on any atom is -0.208 e. The molecule has 0 aliphatic heterocycles. The third-order valence-corrected chi connectivity index (χ3v) is 13.0. The van der Waals surface area contributed by atoms with Crippen molar-refractivity contribution in [2.75, 3.05) is 0 Å². The van der Waals surface area contributed by atoms with E-state index in [9.17, 15) is 0 Å². The molecule has 0 N–H and O–H groups in total. The van der Waals surface area contributed by atoms with Crippen LogP contribution in [0.3, 0.4) is 0 Å². The average molecular weight is 750 g/mol. The summed E-state index contributed by atoms with van der Waals surface area (Å²) in [5.74, 6) is 1.97. The Bertz CT molecular complexity index is 2780. The maximum atomic E-state index is 5.33. The predicted molar refractivity (Wildman–Crippen MR) is 239 cm³/mol. The molecule has 3 heteroatoms. The first kappa shape index (κ1) is 35.9. The Balaban J connectivity index is 1.15. The van der Waals surface area contributed by atoms with Crippen LogP contribution in [0.25, 0.3) is 56.4 Å². The Morgan fingerprint density at radius 3 is 1.47 bits per heavy atom. The van der Waals surface area contributed by atoms with Crippen molar-refractivity contribution in [2.45, 2.75) is 63.7 Å². The number of rotatable bonds is 6. The third-order valence-electron chi connectivity index (χ3n) is 13.0. The van der Waals surface area contributed by atoms with Gasteiger partial charge in [0.05, 0.1) is 5.41 Å². The number of aromatic nitrogens is 3. The molecule has 2 aliphatic rings. The van der Waals surface area contributed by atoms with E-state index in [1.807, 2.05) is 18.2 Å². The number of fused-ring (bicyclic) bond motifs is 4. The monoisotopic (exact) mass is 749 g/mol. The zero-order valence-electron chi connectivity index (χ0n) is 33.9. The smallest absolute Gasteiger partial charge is 0.164 e. The van der Waals surface area contributed by atoms with Gasteiger partial charge < -0.3 is 0 Å². The number of hydrogen-bond donors (Lipinski definition) is 0. The third kappa shape index (κ3) is 5.67. The van der Waals surface area contributed by atoms with E-state index >= 15 is 0 Å². The zero-order valence-corrected chi connectivity index (χ0v) is 33.9. The second-order valence-corrected chi connectivity index (χ2v) is 17.5. The van der Waals surface area contributed by atoms with Crippen molar-refractivity contribution in [3.05, 3.63) is 209 Å². The normalized spacial score (nSPS) is 15.6. The molecule has 0 bridgehead atoms. The second kappa shape index (κ2) is 13.6. The Morgan fingerprint density at radius 2 is 0.845 bits per heavy atom. The molecular weight excluding hydrogens is 703 g/mol. The Hall–Kier alpha value is -6.45. The number of aryl methyl sites for hydroxylation is 1. The van der Waals surface area contributed by atoms with Gasteiger partial charge in [0.25, 0.3) is 0 Å². The molecule has 0 atom stereocenters. The topological polar surface area (TPSA) is 38.7 Å². The van der Waals surface area contributed by atoms with E-state index in [1.54, 1.807) is 0 Å². The molecule has 0 fully saturated rings. The largest absolute Gasteiger partial charge is 0.208 e. The van der Waals surface area contributed by atoms with Crippen molar-refractivity contribution in [1.82, 2.24) is 15.0 Å². The maximum Gasteiger partial charge on any atom is 0.164 e. The van der Waals surface area contributed by atoms with E-state index in [0.29, 0.717) is 17.5 Å². The lowest BCUT2D eigenvalue weighted by Gasteiger charge is -2.42. The molecular formula is C55H47N3. The van der Waals surface area contributed by atoms with Crippen LogP contribution in [0.2, 0.25) is 0 Å². The first-order valence-electron chi connectivity index (χ1n) is 20.6. The minimum atomic E-state index is -0.516. The van der Waals surface area contributed by atoms with Crippen LogP contribution in [0.15, 0.2) is 170 Å². The fourth-order valence-electron chi connectivity index (χ4n) is 9.85. The van der Waals surface area contributed by atoms with E-state index in [4.69, 9.17) is 15.0 Å². The Morgan fingerprint density at radius 1 is 0.379 bits per heavy atom. The van der Waals surface area contributed by atoms with Crippen molar-refractivity contribution < 1.29 is 0 Å². The summed E-state index contributed by atoms with van der Waals surface area (Å²) < 4.78 is 0. The van der Waals surface area contributed by atoms with Gasteiger partial charge in [-0.3, -0.25) is 0 Å². The summed E-state index contributed by atoms with van der Waals surface area (Å²) in [5.41, 5.74) is 16.8. The van der Waals surface area contributed by atoms with E-state index < -0.39 is 5.41 Å². The molecule has 7 aromatic carbocycles. The van der Waals surface area contributed by atoms with E-state index in [-0.39, 0.29) is 10.8 Å². The SMILES string of the molecule is Cc1cc2c(cc1-c1ccc(-c3nc(-c4ccccc4)nc(-c4cccc5c4-c4ccccc4C5(c4ccccc4)c4ccccc4)n3)cc1)C(C)(C)CCC2(C)C. The van der Waals surface area contributed by atoms with Crippen molar-refractivity contribution in [2.24, 2.45) is 0 Å². The molecule has 0 saturated carbocycles. The highest BCUT2D eigenvalue weighted by Crippen LogP contribution is 2.58. The first-order valence-corrected chi connectivity index (χ1v) is 20.6. The van der Waals surface area contributed by atoms with Gasteiger partial charge >= 0.3 is 0 Å². The van der Waals surface area contributed by atoms with Crippen LogP contribution >= 0.6 is 0 Å². The molecule has 58 heavy (non-hydrogen) atoms. The van der Waals surface area contributed by atoms with E-state index in [0.717, 1.165) is 22.3 Å². The molecule has 0 amide bonds. The van der Waals surface area contributed by atoms with Gasteiger partial charge in [-0.25, -0.2) is 15.0 Å². The van der Waals surface area contributed by atoms with Crippen LogP contribution in [0.5, 0.6) is 0 Å². The molecule has 1 aromatic heterocycles. The van der Waals surface area contributed by atoms with Gasteiger partial charge in [0.15, 0.2) is 17.5 Å². The number of nitrogens with zero attached hydrogens (tertiary/aromatic N) is 3. The highest BCUT2D eigenvalue weighted by Gasteiger charge is 2.47. The number of benzene rings is 7. The lowest BCUT2D eigenvalue weighted by molar-refractivity contribution is 0.332. The number of hydrogen-bond acceptors (Lipinski definition) is 3. The van der Waals surface area contributed by atoms with Gasteiger partial charge in [-0.2, -0.15) is 0 Å². The summed E-state index contributed by atoms with van der Waals surface area (Å²) in [6, 6.07) is 61.4. The van der Waals surface area contributed by atoms with Crippen molar-refractivity contribution in [3.8, 4) is 56.4 Å². The second-order valence-electron chi connectivity index (χ2n) is 17.5.